The van der Waals surface area contributed by atoms with Crippen molar-refractivity contribution < 1.29 is 9.47 Å². The van der Waals surface area contributed by atoms with Gasteiger partial charge in [0.05, 0.1) is 14.2 Å². The average molecular weight is 328 g/mol. The van der Waals surface area contributed by atoms with Crippen LogP contribution < -0.4 is 20.1 Å². The standard InChI is InChI=1S/C13H18BrN3O2/c1-18-11-6-9(10(14)7-12(11)19-2)8-17-13-15-4-3-5-16-13/h6-7H,3-5,8H2,1-2H3,(H2,15,16,17). The van der Waals surface area contributed by atoms with E-state index in [0.717, 1.165) is 41.3 Å². The molecule has 0 fully saturated rings. The maximum Gasteiger partial charge on any atom is 0.191 e. The third-order valence-corrected chi connectivity index (χ3v) is 3.63. The molecule has 6 heteroatoms. The molecule has 1 heterocycles. The number of nitrogens with zero attached hydrogens (tertiary/aromatic N) is 1. The number of halogens is 1. The Bertz CT molecular complexity index is 477. The van der Waals surface area contributed by atoms with E-state index in [1.54, 1.807) is 14.2 Å². The predicted molar refractivity (Wildman–Crippen MR) is 79.0 cm³/mol. The molecule has 104 valence electrons. The maximum absolute atomic E-state index is 5.30. The molecule has 1 aliphatic heterocycles. The summed E-state index contributed by atoms with van der Waals surface area (Å²) in [4.78, 5) is 4.37. The van der Waals surface area contributed by atoms with Gasteiger partial charge in [-0.2, -0.15) is 0 Å². The second-order valence-electron chi connectivity index (χ2n) is 4.16. The minimum absolute atomic E-state index is 0.673. The Kier molecular flexibility index (Phi) is 4.90. The third-order valence-electron chi connectivity index (χ3n) is 2.90. The molecule has 2 rings (SSSR count). The van der Waals surface area contributed by atoms with Crippen LogP contribution in [0.1, 0.15) is 12.0 Å². The molecule has 0 unspecified atom stereocenters. The van der Waals surface area contributed by atoms with Crippen molar-refractivity contribution in [2.24, 2.45) is 4.99 Å². The minimum Gasteiger partial charge on any atom is -0.493 e. The van der Waals surface area contributed by atoms with Gasteiger partial charge in [-0.25, -0.2) is 0 Å². The first-order chi connectivity index (χ1) is 9.24. The van der Waals surface area contributed by atoms with Gasteiger partial charge in [0, 0.05) is 24.1 Å². The van der Waals surface area contributed by atoms with Crippen molar-refractivity contribution in [2.75, 3.05) is 27.3 Å². The van der Waals surface area contributed by atoms with Gasteiger partial charge in [0.25, 0.3) is 0 Å². The topological polar surface area (TPSA) is 54.9 Å². The van der Waals surface area contributed by atoms with Crippen LogP contribution in [0.3, 0.4) is 0 Å². The molecule has 0 saturated heterocycles. The summed E-state index contributed by atoms with van der Waals surface area (Å²) in [6.07, 6.45) is 1.09. The summed E-state index contributed by atoms with van der Waals surface area (Å²) in [6, 6.07) is 3.87. The molecule has 1 aromatic carbocycles. The van der Waals surface area contributed by atoms with Gasteiger partial charge >= 0.3 is 0 Å². The Morgan fingerprint density at radius 3 is 2.68 bits per heavy atom. The Labute approximate surface area is 121 Å². The fraction of sp³-hybridized carbons (Fsp3) is 0.462. The lowest BCUT2D eigenvalue weighted by Crippen LogP contribution is -2.40. The molecule has 0 amide bonds. The zero-order valence-corrected chi connectivity index (χ0v) is 12.7. The van der Waals surface area contributed by atoms with E-state index in [2.05, 4.69) is 31.6 Å². The summed E-state index contributed by atoms with van der Waals surface area (Å²) in [6.45, 7) is 2.52. The molecule has 2 N–H and O–H groups in total. The van der Waals surface area contributed by atoms with Crippen molar-refractivity contribution in [2.45, 2.75) is 13.0 Å². The van der Waals surface area contributed by atoms with Crippen LogP contribution in [0.15, 0.2) is 21.6 Å². The second-order valence-corrected chi connectivity index (χ2v) is 5.02. The molecule has 0 bridgehead atoms. The summed E-state index contributed by atoms with van der Waals surface area (Å²) in [5.74, 6) is 2.29. The first-order valence-corrected chi connectivity index (χ1v) is 6.96. The van der Waals surface area contributed by atoms with Gasteiger partial charge in [-0.15, -0.1) is 0 Å². The van der Waals surface area contributed by atoms with Crippen molar-refractivity contribution in [3.63, 3.8) is 0 Å². The molecule has 1 aliphatic rings. The fourth-order valence-corrected chi connectivity index (χ4v) is 2.32. The zero-order chi connectivity index (χ0) is 13.7. The van der Waals surface area contributed by atoms with Crippen LogP contribution in [-0.2, 0) is 6.54 Å². The first kappa shape index (κ1) is 14.0. The summed E-state index contributed by atoms with van der Waals surface area (Å²) in [5.41, 5.74) is 1.09. The lowest BCUT2D eigenvalue weighted by Gasteiger charge is -2.17. The first-order valence-electron chi connectivity index (χ1n) is 6.17. The predicted octanol–water partition coefficient (Wildman–Crippen LogP) is 1.91. The van der Waals surface area contributed by atoms with Gasteiger partial charge < -0.3 is 20.1 Å². The lowest BCUT2D eigenvalue weighted by molar-refractivity contribution is 0.354. The molecule has 5 nitrogen and oxygen atoms in total. The molecular weight excluding hydrogens is 310 g/mol. The number of aliphatic imine (C=N–C) groups is 1. The van der Waals surface area contributed by atoms with Crippen LogP contribution in [0, 0.1) is 0 Å². The highest BCUT2D eigenvalue weighted by Gasteiger charge is 2.10. The molecule has 0 aromatic heterocycles. The van der Waals surface area contributed by atoms with Crippen molar-refractivity contribution in [1.82, 2.24) is 10.6 Å². The summed E-state index contributed by atoms with van der Waals surface area (Å²) in [7, 11) is 3.26. The molecule has 0 aliphatic carbocycles. The molecule has 0 saturated carbocycles. The quantitative estimate of drug-likeness (QED) is 0.887. The monoisotopic (exact) mass is 327 g/mol. The minimum atomic E-state index is 0.673. The van der Waals surface area contributed by atoms with Gasteiger partial charge in [-0.1, -0.05) is 15.9 Å². The van der Waals surface area contributed by atoms with Crippen LogP contribution in [0.4, 0.5) is 0 Å². The number of ether oxygens (including phenoxy) is 2. The Morgan fingerprint density at radius 1 is 1.32 bits per heavy atom. The van der Waals surface area contributed by atoms with Gasteiger partial charge in [0.15, 0.2) is 17.5 Å². The normalized spacial score (nSPS) is 14.4. The Hall–Kier alpha value is -1.43. The number of benzene rings is 1. The van der Waals surface area contributed by atoms with E-state index in [4.69, 9.17) is 9.47 Å². The average Bonchev–Trinajstić information content (AvgIpc) is 2.46. The van der Waals surface area contributed by atoms with Crippen LogP contribution in [0.2, 0.25) is 0 Å². The smallest absolute Gasteiger partial charge is 0.191 e. The molecule has 0 spiro atoms. The van der Waals surface area contributed by atoms with E-state index in [0.29, 0.717) is 12.3 Å². The van der Waals surface area contributed by atoms with Crippen LogP contribution in [0.5, 0.6) is 11.5 Å². The largest absolute Gasteiger partial charge is 0.493 e. The zero-order valence-electron chi connectivity index (χ0n) is 11.1. The number of nitrogens with one attached hydrogen (secondary N) is 2. The van der Waals surface area contributed by atoms with E-state index < -0.39 is 0 Å². The van der Waals surface area contributed by atoms with Gasteiger partial charge in [-0.3, -0.25) is 4.99 Å². The summed E-state index contributed by atoms with van der Waals surface area (Å²) in [5, 5.41) is 6.51. The van der Waals surface area contributed by atoms with Gasteiger partial charge in [-0.05, 0) is 24.1 Å². The lowest BCUT2D eigenvalue weighted by atomic mass is 10.2. The van der Waals surface area contributed by atoms with Crippen LogP contribution in [-0.4, -0.2) is 33.3 Å². The number of rotatable bonds is 4. The van der Waals surface area contributed by atoms with Crippen molar-refractivity contribution in [1.29, 1.82) is 0 Å². The molecule has 0 radical (unpaired) electrons. The van der Waals surface area contributed by atoms with E-state index in [9.17, 15) is 0 Å². The van der Waals surface area contributed by atoms with Crippen molar-refractivity contribution in [3.8, 4) is 11.5 Å². The highest BCUT2D eigenvalue weighted by molar-refractivity contribution is 9.10. The fourth-order valence-electron chi connectivity index (χ4n) is 1.86. The van der Waals surface area contributed by atoms with Crippen molar-refractivity contribution >= 4 is 21.9 Å². The van der Waals surface area contributed by atoms with Gasteiger partial charge in [0.2, 0.25) is 0 Å². The van der Waals surface area contributed by atoms with E-state index in [1.165, 1.54) is 0 Å². The Morgan fingerprint density at radius 2 is 2.05 bits per heavy atom. The highest BCUT2D eigenvalue weighted by Crippen LogP contribution is 2.33. The Balaban J connectivity index is 2.09. The number of methoxy groups -OCH3 is 2. The third kappa shape index (κ3) is 3.53. The second kappa shape index (κ2) is 6.65. The van der Waals surface area contributed by atoms with E-state index in [-0.39, 0.29) is 0 Å². The SMILES string of the molecule is COc1cc(Br)c(CNC2=NCCCN2)cc1OC. The number of guanidine groups is 1. The van der Waals surface area contributed by atoms with Crippen LogP contribution in [0.25, 0.3) is 0 Å². The van der Waals surface area contributed by atoms with E-state index in [1.807, 2.05) is 12.1 Å². The van der Waals surface area contributed by atoms with Crippen molar-refractivity contribution in [3.05, 3.63) is 22.2 Å². The summed E-state index contributed by atoms with van der Waals surface area (Å²) < 4.78 is 11.5. The molecule has 0 atom stereocenters. The van der Waals surface area contributed by atoms with Crippen LogP contribution >= 0.6 is 15.9 Å². The number of hydrogen-bond acceptors (Lipinski definition) is 5. The molecular formula is C13H18BrN3O2. The number of hydrogen-bond donors (Lipinski definition) is 2. The summed E-state index contributed by atoms with van der Waals surface area (Å²) >= 11 is 3.54. The van der Waals surface area contributed by atoms with Gasteiger partial charge in [0.1, 0.15) is 0 Å². The molecule has 1 aromatic rings. The molecule has 19 heavy (non-hydrogen) atoms. The highest BCUT2D eigenvalue weighted by atomic mass is 79.9. The maximum atomic E-state index is 5.30. The van der Waals surface area contributed by atoms with E-state index >= 15 is 0 Å².